The van der Waals surface area contributed by atoms with E-state index >= 15 is 0 Å². The summed E-state index contributed by atoms with van der Waals surface area (Å²) < 4.78 is 9.74. The lowest BCUT2D eigenvalue weighted by atomic mass is 10.3. The molecule has 5 nitrogen and oxygen atoms in total. The van der Waals surface area contributed by atoms with Crippen molar-refractivity contribution in [1.82, 2.24) is 10.1 Å². The molecule has 0 aliphatic rings. The number of hydrogen-bond acceptors (Lipinski definition) is 6. The highest BCUT2D eigenvalue weighted by Gasteiger charge is 2.16. The number of aryl methyl sites for hydroxylation is 1. The molecular formula is C10H10N2O3S. The molecule has 0 bridgehead atoms. The van der Waals surface area contributed by atoms with Crippen molar-refractivity contribution in [2.75, 3.05) is 6.61 Å². The largest absolute Gasteiger partial charge is 0.460 e. The van der Waals surface area contributed by atoms with Gasteiger partial charge in [-0.15, -0.1) is 11.3 Å². The van der Waals surface area contributed by atoms with Crippen molar-refractivity contribution >= 4 is 17.3 Å². The van der Waals surface area contributed by atoms with Crippen molar-refractivity contribution in [3.8, 4) is 11.5 Å². The lowest BCUT2D eigenvalue weighted by molar-refractivity contribution is 0.0508. The summed E-state index contributed by atoms with van der Waals surface area (Å²) in [6.45, 7) is 4.00. The van der Waals surface area contributed by atoms with Crippen LogP contribution in [0.1, 0.15) is 22.4 Å². The van der Waals surface area contributed by atoms with Gasteiger partial charge in [0.15, 0.2) is 0 Å². The molecule has 2 rings (SSSR count). The molecule has 0 saturated heterocycles. The first-order valence-corrected chi connectivity index (χ1v) is 5.65. The number of aromatic nitrogens is 2. The Morgan fingerprint density at radius 1 is 1.62 bits per heavy atom. The van der Waals surface area contributed by atoms with Gasteiger partial charge in [0, 0.05) is 10.3 Å². The van der Waals surface area contributed by atoms with E-state index in [1.54, 1.807) is 18.3 Å². The third-order valence-electron chi connectivity index (χ3n) is 1.86. The van der Waals surface area contributed by atoms with Gasteiger partial charge in [-0.3, -0.25) is 0 Å². The number of thiophene rings is 1. The van der Waals surface area contributed by atoms with E-state index in [1.165, 1.54) is 0 Å². The molecule has 0 saturated carbocycles. The lowest BCUT2D eigenvalue weighted by Crippen LogP contribution is -2.06. The van der Waals surface area contributed by atoms with Gasteiger partial charge in [-0.05, 0) is 25.1 Å². The van der Waals surface area contributed by atoms with Crippen LogP contribution in [0.25, 0.3) is 11.5 Å². The van der Waals surface area contributed by atoms with E-state index in [2.05, 4.69) is 10.1 Å². The summed E-state index contributed by atoms with van der Waals surface area (Å²) >= 11 is 1.58. The van der Waals surface area contributed by atoms with E-state index in [0.29, 0.717) is 12.5 Å². The maximum Gasteiger partial charge on any atom is 0.379 e. The highest BCUT2D eigenvalue weighted by molar-refractivity contribution is 7.10. The van der Waals surface area contributed by atoms with Crippen LogP contribution in [0.4, 0.5) is 0 Å². The van der Waals surface area contributed by atoms with Crippen LogP contribution >= 0.6 is 11.3 Å². The second-order valence-electron chi connectivity index (χ2n) is 3.09. The van der Waals surface area contributed by atoms with Gasteiger partial charge in [0.25, 0.3) is 11.7 Å². The fourth-order valence-corrected chi connectivity index (χ4v) is 1.85. The lowest BCUT2D eigenvalue weighted by Gasteiger charge is -1.93. The molecule has 0 radical (unpaired) electrons. The molecule has 0 amide bonds. The zero-order valence-corrected chi connectivity index (χ0v) is 9.71. The fourth-order valence-electron chi connectivity index (χ4n) is 1.17. The number of nitrogens with zero attached hydrogens (tertiary/aromatic N) is 2. The zero-order valence-electron chi connectivity index (χ0n) is 8.89. The maximum atomic E-state index is 11.3. The van der Waals surface area contributed by atoms with Crippen LogP contribution in [-0.2, 0) is 4.74 Å². The van der Waals surface area contributed by atoms with Gasteiger partial charge in [0.2, 0.25) is 0 Å². The van der Waals surface area contributed by atoms with Crippen LogP contribution in [0.2, 0.25) is 0 Å². The minimum atomic E-state index is -0.565. The van der Waals surface area contributed by atoms with Crippen LogP contribution in [-0.4, -0.2) is 22.7 Å². The van der Waals surface area contributed by atoms with E-state index in [0.717, 1.165) is 10.4 Å². The van der Waals surface area contributed by atoms with Crippen LogP contribution in [0.5, 0.6) is 0 Å². The van der Waals surface area contributed by atoms with Gasteiger partial charge in [-0.25, -0.2) is 4.79 Å². The molecule has 0 fully saturated rings. The van der Waals surface area contributed by atoms with Gasteiger partial charge in [-0.2, -0.15) is 4.98 Å². The average molecular weight is 238 g/mol. The Balaban J connectivity index is 2.22. The molecule has 0 unspecified atom stereocenters. The van der Waals surface area contributed by atoms with Crippen molar-refractivity contribution in [1.29, 1.82) is 0 Å². The SMILES string of the molecule is CCOC(=O)c1noc(-c2csc(C)c2)n1. The molecule has 16 heavy (non-hydrogen) atoms. The predicted octanol–water partition coefficient (Wildman–Crippen LogP) is 2.28. The first-order valence-electron chi connectivity index (χ1n) is 4.77. The van der Waals surface area contributed by atoms with Crippen molar-refractivity contribution in [3.05, 3.63) is 22.1 Å². The summed E-state index contributed by atoms with van der Waals surface area (Å²) in [5.41, 5.74) is 0.825. The molecule has 0 atom stereocenters. The molecular weight excluding hydrogens is 228 g/mol. The molecule has 6 heteroatoms. The molecule has 0 spiro atoms. The van der Waals surface area contributed by atoms with Gasteiger partial charge >= 0.3 is 5.97 Å². The van der Waals surface area contributed by atoms with Crippen molar-refractivity contribution in [3.63, 3.8) is 0 Å². The Morgan fingerprint density at radius 2 is 2.44 bits per heavy atom. The van der Waals surface area contributed by atoms with E-state index in [4.69, 9.17) is 9.26 Å². The third-order valence-corrected chi connectivity index (χ3v) is 2.72. The standard InChI is InChI=1S/C10H10N2O3S/c1-3-14-10(13)8-11-9(15-12-8)7-4-6(2)16-5-7/h4-5H,3H2,1-2H3. The second-order valence-corrected chi connectivity index (χ2v) is 4.20. The Kier molecular flexibility index (Phi) is 3.00. The summed E-state index contributed by atoms with van der Waals surface area (Å²) in [5, 5.41) is 5.46. The van der Waals surface area contributed by atoms with Gasteiger partial charge in [0.1, 0.15) is 0 Å². The summed E-state index contributed by atoms with van der Waals surface area (Å²) in [6.07, 6.45) is 0. The Morgan fingerprint density at radius 3 is 3.06 bits per heavy atom. The first kappa shape index (κ1) is 10.8. The number of carbonyl (C=O) groups is 1. The summed E-state index contributed by atoms with van der Waals surface area (Å²) in [7, 11) is 0. The molecule has 0 aliphatic heterocycles. The first-order chi connectivity index (χ1) is 7.70. The number of esters is 1. The topological polar surface area (TPSA) is 65.2 Å². The number of carbonyl (C=O) groups excluding carboxylic acids is 1. The maximum absolute atomic E-state index is 11.3. The highest BCUT2D eigenvalue weighted by atomic mass is 32.1. The molecule has 0 N–H and O–H groups in total. The molecule has 0 aliphatic carbocycles. The van der Waals surface area contributed by atoms with Gasteiger partial charge in [-0.1, -0.05) is 0 Å². The van der Waals surface area contributed by atoms with Crippen LogP contribution in [0, 0.1) is 6.92 Å². The Bertz CT molecular complexity index is 504. The molecule has 2 heterocycles. The highest BCUT2D eigenvalue weighted by Crippen LogP contribution is 2.23. The zero-order chi connectivity index (χ0) is 11.5. The number of hydrogen-bond donors (Lipinski definition) is 0. The minimum absolute atomic E-state index is 0.0410. The number of rotatable bonds is 3. The second kappa shape index (κ2) is 4.44. The molecule has 0 aromatic carbocycles. The van der Waals surface area contributed by atoms with E-state index in [9.17, 15) is 4.79 Å². The Labute approximate surface area is 96.0 Å². The summed E-state index contributed by atoms with van der Waals surface area (Å²) in [6, 6.07) is 1.92. The number of ether oxygens (including phenoxy) is 1. The average Bonchev–Trinajstić information content (AvgIpc) is 2.85. The Hall–Kier alpha value is -1.69. The fraction of sp³-hybridized carbons (Fsp3) is 0.300. The van der Waals surface area contributed by atoms with Crippen molar-refractivity contribution in [2.45, 2.75) is 13.8 Å². The molecule has 2 aromatic heterocycles. The normalized spacial score (nSPS) is 10.4. The third kappa shape index (κ3) is 2.11. The molecule has 2 aromatic rings. The smallest absolute Gasteiger partial charge is 0.379 e. The van der Waals surface area contributed by atoms with E-state index in [1.807, 2.05) is 18.4 Å². The van der Waals surface area contributed by atoms with E-state index < -0.39 is 5.97 Å². The van der Waals surface area contributed by atoms with Crippen LogP contribution in [0.15, 0.2) is 16.0 Å². The van der Waals surface area contributed by atoms with Gasteiger partial charge < -0.3 is 9.26 Å². The molecule has 84 valence electrons. The predicted molar refractivity (Wildman–Crippen MR) is 58.3 cm³/mol. The van der Waals surface area contributed by atoms with Gasteiger partial charge in [0.05, 0.1) is 12.2 Å². The minimum Gasteiger partial charge on any atom is -0.460 e. The van der Waals surface area contributed by atoms with E-state index in [-0.39, 0.29) is 5.82 Å². The van der Waals surface area contributed by atoms with Crippen molar-refractivity contribution in [2.24, 2.45) is 0 Å². The van der Waals surface area contributed by atoms with Crippen molar-refractivity contribution < 1.29 is 14.1 Å². The quantitative estimate of drug-likeness (QED) is 0.767. The summed E-state index contributed by atoms with van der Waals surface area (Å²) in [4.78, 5) is 16.4. The van der Waals surface area contributed by atoms with Crippen LogP contribution in [0.3, 0.4) is 0 Å². The van der Waals surface area contributed by atoms with Crippen LogP contribution < -0.4 is 0 Å². The summed E-state index contributed by atoms with van der Waals surface area (Å²) in [5.74, 6) is -0.266. The monoisotopic (exact) mass is 238 g/mol.